The zero-order valence-corrected chi connectivity index (χ0v) is 11.9. The van der Waals surface area contributed by atoms with Crippen LogP contribution in [0.5, 0.6) is 0 Å². The number of nitrogens with zero attached hydrogens (tertiary/aromatic N) is 5. The van der Waals surface area contributed by atoms with Gasteiger partial charge in [0.05, 0.1) is 17.9 Å². The zero-order chi connectivity index (χ0) is 14.4. The quantitative estimate of drug-likeness (QED) is 0.855. The molecule has 0 radical (unpaired) electrons. The van der Waals surface area contributed by atoms with E-state index in [9.17, 15) is 4.79 Å². The molecule has 1 saturated carbocycles. The molecule has 0 aromatic carbocycles. The molecule has 2 aromatic rings. The Labute approximate surface area is 121 Å². The second-order valence-corrected chi connectivity index (χ2v) is 5.89. The molecule has 0 N–H and O–H groups in total. The summed E-state index contributed by atoms with van der Waals surface area (Å²) in [5, 5.41) is 12.1. The Morgan fingerprint density at radius 1 is 1.38 bits per heavy atom. The molecule has 21 heavy (non-hydrogen) atoms. The predicted molar refractivity (Wildman–Crippen MR) is 72.8 cm³/mol. The fraction of sp³-hybridized carbons (Fsp3) is 0.571. The molecule has 2 aromatic heterocycles. The molecule has 1 amide bonds. The molecule has 3 heterocycles. The highest BCUT2D eigenvalue weighted by Crippen LogP contribution is 2.39. The standard InChI is InChI=1S/C14H17N5O2/c1-9-12(6-15-21-9)14(20)18-5-4-11(7-18)19-8-13(16-17-19)10-2-3-10/h6,8,10-11H,2-5,7H2,1H3. The Morgan fingerprint density at radius 3 is 2.95 bits per heavy atom. The highest BCUT2D eigenvalue weighted by Gasteiger charge is 2.32. The summed E-state index contributed by atoms with van der Waals surface area (Å²) in [5.41, 5.74) is 1.64. The minimum atomic E-state index is -0.0150. The molecule has 1 aliphatic carbocycles. The second kappa shape index (κ2) is 4.68. The molecule has 0 bridgehead atoms. The number of carbonyl (C=O) groups is 1. The van der Waals surface area contributed by atoms with E-state index in [4.69, 9.17) is 4.52 Å². The van der Waals surface area contributed by atoms with Crippen LogP contribution in [0.1, 0.15) is 53.0 Å². The van der Waals surface area contributed by atoms with Crippen molar-refractivity contribution >= 4 is 5.91 Å². The first-order chi connectivity index (χ1) is 10.2. The Kier molecular flexibility index (Phi) is 2.80. The minimum absolute atomic E-state index is 0.0150. The fourth-order valence-corrected chi connectivity index (χ4v) is 2.85. The van der Waals surface area contributed by atoms with Crippen LogP contribution in [0, 0.1) is 6.92 Å². The molecular weight excluding hydrogens is 270 g/mol. The van der Waals surface area contributed by atoms with Gasteiger partial charge in [-0.2, -0.15) is 0 Å². The summed E-state index contributed by atoms with van der Waals surface area (Å²) in [4.78, 5) is 14.2. The van der Waals surface area contributed by atoms with Crippen molar-refractivity contribution in [2.75, 3.05) is 13.1 Å². The van der Waals surface area contributed by atoms with Crippen LogP contribution < -0.4 is 0 Å². The van der Waals surface area contributed by atoms with Crippen LogP contribution >= 0.6 is 0 Å². The fourth-order valence-electron chi connectivity index (χ4n) is 2.85. The van der Waals surface area contributed by atoms with Crippen LogP contribution in [0.25, 0.3) is 0 Å². The van der Waals surface area contributed by atoms with Gasteiger partial charge in [0.2, 0.25) is 0 Å². The SMILES string of the molecule is Cc1oncc1C(=O)N1CCC(n2cc(C3CC3)nn2)C1. The van der Waals surface area contributed by atoms with E-state index in [0.717, 1.165) is 18.7 Å². The molecular formula is C14H17N5O2. The van der Waals surface area contributed by atoms with Gasteiger partial charge in [-0.1, -0.05) is 10.4 Å². The Bertz CT molecular complexity index is 672. The number of aromatic nitrogens is 4. The van der Waals surface area contributed by atoms with Crippen LogP contribution in [0.3, 0.4) is 0 Å². The lowest BCUT2D eigenvalue weighted by molar-refractivity contribution is 0.0785. The maximum absolute atomic E-state index is 12.4. The number of hydrogen-bond acceptors (Lipinski definition) is 5. The third-order valence-corrected chi connectivity index (χ3v) is 4.33. The molecule has 1 aliphatic heterocycles. The summed E-state index contributed by atoms with van der Waals surface area (Å²) < 4.78 is 6.89. The number of hydrogen-bond donors (Lipinski definition) is 0. The lowest BCUT2D eigenvalue weighted by Gasteiger charge is -2.15. The van der Waals surface area contributed by atoms with E-state index >= 15 is 0 Å². The van der Waals surface area contributed by atoms with Crippen molar-refractivity contribution in [3.05, 3.63) is 29.4 Å². The van der Waals surface area contributed by atoms with Crippen LogP contribution in [0.15, 0.2) is 16.9 Å². The van der Waals surface area contributed by atoms with E-state index < -0.39 is 0 Å². The molecule has 7 heteroatoms. The average Bonchev–Trinajstić information content (AvgIpc) is 2.94. The van der Waals surface area contributed by atoms with Gasteiger partial charge in [0.15, 0.2) is 0 Å². The lowest BCUT2D eigenvalue weighted by Crippen LogP contribution is -2.29. The van der Waals surface area contributed by atoms with Gasteiger partial charge in [0, 0.05) is 25.2 Å². The smallest absolute Gasteiger partial charge is 0.259 e. The largest absolute Gasteiger partial charge is 0.361 e. The van der Waals surface area contributed by atoms with Crippen molar-refractivity contribution < 1.29 is 9.32 Å². The normalized spacial score (nSPS) is 22.0. The second-order valence-electron chi connectivity index (χ2n) is 5.89. The van der Waals surface area contributed by atoms with E-state index in [1.165, 1.54) is 19.0 Å². The minimum Gasteiger partial charge on any atom is -0.361 e. The van der Waals surface area contributed by atoms with Gasteiger partial charge < -0.3 is 9.42 Å². The van der Waals surface area contributed by atoms with E-state index in [2.05, 4.69) is 15.5 Å². The zero-order valence-electron chi connectivity index (χ0n) is 11.9. The van der Waals surface area contributed by atoms with Gasteiger partial charge >= 0.3 is 0 Å². The summed E-state index contributed by atoms with van der Waals surface area (Å²) >= 11 is 0. The highest BCUT2D eigenvalue weighted by molar-refractivity contribution is 5.94. The van der Waals surface area contributed by atoms with Crippen LogP contribution in [-0.2, 0) is 0 Å². The summed E-state index contributed by atoms with van der Waals surface area (Å²) in [6.45, 7) is 3.15. The first-order valence-corrected chi connectivity index (χ1v) is 7.34. The average molecular weight is 287 g/mol. The Hall–Kier alpha value is -2.18. The summed E-state index contributed by atoms with van der Waals surface area (Å²) in [6.07, 6.45) is 6.89. The molecule has 0 spiro atoms. The van der Waals surface area contributed by atoms with E-state index in [-0.39, 0.29) is 11.9 Å². The number of rotatable bonds is 3. The van der Waals surface area contributed by atoms with Gasteiger partial charge in [-0.05, 0) is 26.2 Å². The first kappa shape index (κ1) is 12.6. The van der Waals surface area contributed by atoms with Crippen LogP contribution in [0.2, 0.25) is 0 Å². The van der Waals surface area contributed by atoms with Crippen molar-refractivity contribution in [2.24, 2.45) is 0 Å². The third kappa shape index (κ3) is 2.22. The molecule has 1 saturated heterocycles. The van der Waals surface area contributed by atoms with E-state index in [1.807, 2.05) is 15.8 Å². The summed E-state index contributed by atoms with van der Waals surface area (Å²) in [5.74, 6) is 1.16. The maximum Gasteiger partial charge on any atom is 0.259 e. The number of amides is 1. The van der Waals surface area contributed by atoms with E-state index in [0.29, 0.717) is 23.8 Å². The monoisotopic (exact) mass is 287 g/mol. The number of aryl methyl sites for hydroxylation is 1. The predicted octanol–water partition coefficient (Wildman–Crippen LogP) is 1.54. The lowest BCUT2D eigenvalue weighted by atomic mass is 10.2. The molecule has 7 nitrogen and oxygen atoms in total. The van der Waals surface area contributed by atoms with Crippen molar-refractivity contribution in [3.8, 4) is 0 Å². The third-order valence-electron chi connectivity index (χ3n) is 4.33. The van der Waals surface area contributed by atoms with Crippen molar-refractivity contribution in [3.63, 3.8) is 0 Å². The van der Waals surface area contributed by atoms with Gasteiger partial charge in [0.1, 0.15) is 11.3 Å². The molecule has 1 unspecified atom stereocenters. The van der Waals surface area contributed by atoms with Crippen LogP contribution in [-0.4, -0.2) is 44.0 Å². The topological polar surface area (TPSA) is 77.0 Å². The van der Waals surface area contributed by atoms with E-state index in [1.54, 1.807) is 6.92 Å². The number of carbonyl (C=O) groups excluding carboxylic acids is 1. The summed E-state index contributed by atoms with van der Waals surface area (Å²) in [7, 11) is 0. The molecule has 110 valence electrons. The Morgan fingerprint density at radius 2 is 2.24 bits per heavy atom. The van der Waals surface area contributed by atoms with Gasteiger partial charge in [-0.25, -0.2) is 4.68 Å². The van der Waals surface area contributed by atoms with Gasteiger partial charge in [-0.3, -0.25) is 4.79 Å². The summed E-state index contributed by atoms with van der Waals surface area (Å²) in [6, 6.07) is 0.217. The van der Waals surface area contributed by atoms with Gasteiger partial charge in [0.25, 0.3) is 5.91 Å². The Balaban J connectivity index is 1.46. The number of likely N-dealkylation sites (tertiary alicyclic amines) is 1. The molecule has 1 atom stereocenters. The van der Waals surface area contributed by atoms with Crippen molar-refractivity contribution in [1.29, 1.82) is 0 Å². The molecule has 4 rings (SSSR count). The van der Waals surface area contributed by atoms with Crippen LogP contribution in [0.4, 0.5) is 0 Å². The van der Waals surface area contributed by atoms with Crippen molar-refractivity contribution in [1.82, 2.24) is 25.1 Å². The molecule has 2 fully saturated rings. The highest BCUT2D eigenvalue weighted by atomic mass is 16.5. The first-order valence-electron chi connectivity index (χ1n) is 7.34. The van der Waals surface area contributed by atoms with Gasteiger partial charge in [-0.15, -0.1) is 5.10 Å². The maximum atomic E-state index is 12.4. The molecule has 2 aliphatic rings. The van der Waals surface area contributed by atoms with Crippen molar-refractivity contribution in [2.45, 2.75) is 38.1 Å².